The van der Waals surface area contributed by atoms with Gasteiger partial charge < -0.3 is 23.8 Å². The summed E-state index contributed by atoms with van der Waals surface area (Å²) in [5, 5.41) is 0. The van der Waals surface area contributed by atoms with Gasteiger partial charge >= 0.3 is 12.6 Å². The lowest BCUT2D eigenvalue weighted by Crippen LogP contribution is -2.39. The van der Waals surface area contributed by atoms with Crippen LogP contribution in [0.5, 0.6) is 17.2 Å². The Morgan fingerprint density at radius 1 is 1.24 bits per heavy atom. The lowest BCUT2D eigenvalue weighted by molar-refractivity contribution is -0.0521. The number of methoxy groups -OCH3 is 1. The van der Waals surface area contributed by atoms with Gasteiger partial charge in [0.1, 0.15) is 11.9 Å². The molecule has 0 aliphatic carbocycles. The number of carbonyl (C=O) groups is 1. The second-order valence-corrected chi connectivity index (χ2v) is 6.55. The van der Waals surface area contributed by atoms with Crippen LogP contribution in [0.3, 0.4) is 0 Å². The van der Waals surface area contributed by atoms with Crippen molar-refractivity contribution in [2.45, 2.75) is 33.1 Å². The molecule has 1 aliphatic heterocycles. The predicted molar refractivity (Wildman–Crippen MR) is 103 cm³/mol. The van der Waals surface area contributed by atoms with Gasteiger partial charge in [-0.2, -0.15) is 8.78 Å². The average molecular weight is 407 g/mol. The number of nitrogens with zero attached hydrogens (tertiary/aromatic N) is 1. The number of ether oxygens (including phenoxy) is 4. The van der Waals surface area contributed by atoms with E-state index < -0.39 is 12.6 Å². The molecule has 0 aromatic heterocycles. The molecular formula is C21H23F2NO5. The van der Waals surface area contributed by atoms with Crippen LogP contribution in [0.4, 0.5) is 14.5 Å². The molecule has 156 valence electrons. The Morgan fingerprint density at radius 2 is 1.97 bits per heavy atom. The van der Waals surface area contributed by atoms with Crippen LogP contribution >= 0.6 is 0 Å². The standard InChI is InChI=1S/C21H23F2NO5/c1-4-27-20(25)16-9-10-17(29-21(22)23)19-18(16)24(11-13(2)28-19)12-14-5-7-15(26-3)8-6-14/h5-10,13,21H,4,11-12H2,1-3H3. The first-order chi connectivity index (χ1) is 13.9. The van der Waals surface area contributed by atoms with E-state index in [4.69, 9.17) is 14.2 Å². The molecule has 1 unspecified atom stereocenters. The number of rotatable bonds is 7. The monoisotopic (exact) mass is 407 g/mol. The molecular weight excluding hydrogens is 384 g/mol. The Hall–Kier alpha value is -3.03. The summed E-state index contributed by atoms with van der Waals surface area (Å²) in [6.45, 7) is 1.61. The van der Waals surface area contributed by atoms with E-state index in [0.29, 0.717) is 18.8 Å². The molecule has 2 aromatic rings. The smallest absolute Gasteiger partial charge is 0.387 e. The van der Waals surface area contributed by atoms with Gasteiger partial charge in [0, 0.05) is 6.54 Å². The van der Waals surface area contributed by atoms with Crippen molar-refractivity contribution in [2.24, 2.45) is 0 Å². The first kappa shape index (κ1) is 20.7. The number of hydrogen-bond donors (Lipinski definition) is 0. The van der Waals surface area contributed by atoms with E-state index in [1.165, 1.54) is 12.1 Å². The molecule has 0 saturated heterocycles. The Balaban J connectivity index is 2.04. The summed E-state index contributed by atoms with van der Waals surface area (Å²) in [6.07, 6.45) is -0.293. The van der Waals surface area contributed by atoms with Crippen molar-refractivity contribution in [1.29, 1.82) is 0 Å². The maximum atomic E-state index is 12.9. The first-order valence-corrected chi connectivity index (χ1v) is 9.26. The molecule has 2 aromatic carbocycles. The fourth-order valence-electron chi connectivity index (χ4n) is 3.28. The molecule has 1 atom stereocenters. The number of benzene rings is 2. The molecule has 1 heterocycles. The van der Waals surface area contributed by atoms with Crippen LogP contribution in [-0.4, -0.2) is 38.9 Å². The molecule has 3 rings (SSSR count). The number of fused-ring (bicyclic) bond motifs is 1. The summed E-state index contributed by atoms with van der Waals surface area (Å²) < 4.78 is 46.5. The lowest BCUT2D eigenvalue weighted by atomic mass is 10.1. The summed E-state index contributed by atoms with van der Waals surface area (Å²) in [5.74, 6) is 0.173. The van der Waals surface area contributed by atoms with Crippen molar-refractivity contribution >= 4 is 11.7 Å². The van der Waals surface area contributed by atoms with Gasteiger partial charge in [-0.15, -0.1) is 0 Å². The quantitative estimate of drug-likeness (QED) is 0.640. The molecule has 29 heavy (non-hydrogen) atoms. The van der Waals surface area contributed by atoms with E-state index in [2.05, 4.69) is 4.74 Å². The zero-order valence-corrected chi connectivity index (χ0v) is 16.5. The normalized spacial score (nSPS) is 15.5. The number of halogens is 2. The molecule has 0 fully saturated rings. The van der Waals surface area contributed by atoms with E-state index >= 15 is 0 Å². The molecule has 1 aliphatic rings. The highest BCUT2D eigenvalue weighted by Gasteiger charge is 2.32. The first-order valence-electron chi connectivity index (χ1n) is 9.26. The van der Waals surface area contributed by atoms with Crippen LogP contribution in [-0.2, 0) is 11.3 Å². The van der Waals surface area contributed by atoms with Gasteiger partial charge in [-0.25, -0.2) is 4.79 Å². The number of hydrogen-bond acceptors (Lipinski definition) is 6. The molecule has 0 saturated carbocycles. The maximum absolute atomic E-state index is 12.9. The largest absolute Gasteiger partial charge is 0.497 e. The lowest BCUT2D eigenvalue weighted by Gasteiger charge is -2.36. The fourth-order valence-corrected chi connectivity index (χ4v) is 3.28. The Morgan fingerprint density at radius 3 is 2.59 bits per heavy atom. The molecule has 0 N–H and O–H groups in total. The Labute approximate surface area is 167 Å². The van der Waals surface area contributed by atoms with Crippen molar-refractivity contribution in [1.82, 2.24) is 0 Å². The van der Waals surface area contributed by atoms with Crippen LogP contribution in [0.2, 0.25) is 0 Å². The SMILES string of the molecule is CCOC(=O)c1ccc(OC(F)F)c2c1N(Cc1ccc(OC)cc1)CC(C)O2. The van der Waals surface area contributed by atoms with Gasteiger partial charge in [0.2, 0.25) is 0 Å². The third-order valence-electron chi connectivity index (χ3n) is 4.45. The van der Waals surface area contributed by atoms with E-state index in [9.17, 15) is 13.6 Å². The zero-order valence-electron chi connectivity index (χ0n) is 16.5. The minimum Gasteiger partial charge on any atom is -0.497 e. The van der Waals surface area contributed by atoms with Gasteiger partial charge in [0.05, 0.1) is 31.5 Å². The van der Waals surface area contributed by atoms with Gasteiger partial charge in [0.25, 0.3) is 0 Å². The highest BCUT2D eigenvalue weighted by atomic mass is 19.3. The third-order valence-corrected chi connectivity index (χ3v) is 4.45. The molecule has 0 amide bonds. The Bertz CT molecular complexity index is 857. The van der Waals surface area contributed by atoms with Crippen LogP contribution in [0.15, 0.2) is 36.4 Å². The number of anilines is 1. The summed E-state index contributed by atoms with van der Waals surface area (Å²) in [6, 6.07) is 10.2. The van der Waals surface area contributed by atoms with Gasteiger partial charge in [-0.1, -0.05) is 12.1 Å². The maximum Gasteiger partial charge on any atom is 0.387 e. The zero-order chi connectivity index (χ0) is 21.0. The van der Waals surface area contributed by atoms with E-state index in [0.717, 1.165) is 11.3 Å². The summed E-state index contributed by atoms with van der Waals surface area (Å²) in [4.78, 5) is 14.4. The molecule has 0 bridgehead atoms. The minimum atomic E-state index is -3.01. The molecule has 8 heteroatoms. The third kappa shape index (κ3) is 4.70. The summed E-state index contributed by atoms with van der Waals surface area (Å²) in [5.41, 5.74) is 1.58. The number of carbonyl (C=O) groups excluding carboxylic acids is 1. The van der Waals surface area contributed by atoms with Gasteiger partial charge in [0.15, 0.2) is 11.5 Å². The van der Waals surface area contributed by atoms with E-state index in [1.807, 2.05) is 36.1 Å². The topological polar surface area (TPSA) is 57.2 Å². The average Bonchev–Trinajstić information content (AvgIpc) is 2.68. The summed E-state index contributed by atoms with van der Waals surface area (Å²) in [7, 11) is 1.59. The van der Waals surface area contributed by atoms with Crippen molar-refractivity contribution in [3.05, 3.63) is 47.5 Å². The van der Waals surface area contributed by atoms with Crippen molar-refractivity contribution in [2.75, 3.05) is 25.2 Å². The fraction of sp³-hybridized carbons (Fsp3) is 0.381. The van der Waals surface area contributed by atoms with Gasteiger partial charge in [-0.3, -0.25) is 0 Å². The number of esters is 1. The second-order valence-electron chi connectivity index (χ2n) is 6.55. The minimum absolute atomic E-state index is 0.114. The van der Waals surface area contributed by atoms with E-state index in [-0.39, 0.29) is 29.8 Å². The van der Waals surface area contributed by atoms with Gasteiger partial charge in [-0.05, 0) is 43.7 Å². The van der Waals surface area contributed by atoms with Crippen LogP contribution in [0.1, 0.15) is 29.8 Å². The van der Waals surface area contributed by atoms with E-state index in [1.54, 1.807) is 14.0 Å². The second kappa shape index (κ2) is 8.98. The summed E-state index contributed by atoms with van der Waals surface area (Å²) >= 11 is 0. The van der Waals surface area contributed by atoms with Crippen molar-refractivity contribution in [3.8, 4) is 17.2 Å². The van der Waals surface area contributed by atoms with Crippen LogP contribution in [0, 0.1) is 0 Å². The van der Waals surface area contributed by atoms with Crippen LogP contribution in [0.25, 0.3) is 0 Å². The highest BCUT2D eigenvalue weighted by Crippen LogP contribution is 2.45. The van der Waals surface area contributed by atoms with Crippen LogP contribution < -0.4 is 19.1 Å². The van der Waals surface area contributed by atoms with Crippen molar-refractivity contribution in [3.63, 3.8) is 0 Å². The molecule has 0 radical (unpaired) electrons. The predicted octanol–water partition coefficient (Wildman–Crippen LogP) is 4.26. The Kier molecular flexibility index (Phi) is 6.41. The molecule has 0 spiro atoms. The van der Waals surface area contributed by atoms with Crippen molar-refractivity contribution < 1.29 is 32.5 Å². The molecule has 6 nitrogen and oxygen atoms in total. The number of alkyl halides is 2. The highest BCUT2D eigenvalue weighted by molar-refractivity contribution is 5.98.